The number of carbonyl (C=O) groups excluding carboxylic acids is 2. The Labute approximate surface area is 77.5 Å². The highest BCUT2D eigenvalue weighted by Crippen LogP contribution is 2.12. The lowest BCUT2D eigenvalue weighted by atomic mass is 10.0. The molecule has 70 valence electrons. The molecule has 0 unspecified atom stereocenters. The minimum atomic E-state index is -0.631. The number of nitrogens with zero attached hydrogens (tertiary/aromatic N) is 1. The number of aliphatic imine (C=N–C) groups is 1. The van der Waals surface area contributed by atoms with Gasteiger partial charge < -0.3 is 0 Å². The minimum absolute atomic E-state index is 0.432. The van der Waals surface area contributed by atoms with Gasteiger partial charge in [0.25, 0.3) is 0 Å². The normalized spacial score (nSPS) is 16.2. The van der Waals surface area contributed by atoms with Crippen LogP contribution in [0.5, 0.6) is 0 Å². The van der Waals surface area contributed by atoms with E-state index in [0.717, 1.165) is 19.3 Å². The number of carbonyl (C=O) groups is 2. The molecule has 1 heterocycles. The molecule has 0 atom stereocenters. The number of amides is 1. The molecule has 0 aliphatic carbocycles. The highest BCUT2D eigenvalue weighted by Gasteiger charge is 2.19. The van der Waals surface area contributed by atoms with Crippen LogP contribution in [0.15, 0.2) is 16.6 Å². The van der Waals surface area contributed by atoms with Gasteiger partial charge in [0.2, 0.25) is 5.78 Å². The summed E-state index contributed by atoms with van der Waals surface area (Å²) in [5.74, 6) is -1.06. The maximum Gasteiger partial charge on any atom is 0.317 e. The number of unbranched alkanes of at least 4 members (excludes halogenated alkanes) is 2. The van der Waals surface area contributed by atoms with Crippen molar-refractivity contribution < 1.29 is 9.59 Å². The van der Waals surface area contributed by atoms with Crippen LogP contribution in [0.4, 0.5) is 0 Å². The first-order chi connectivity index (χ1) is 6.25. The molecule has 0 saturated carbocycles. The van der Waals surface area contributed by atoms with Crippen LogP contribution < -0.4 is 0 Å². The van der Waals surface area contributed by atoms with Crippen LogP contribution in [0.25, 0.3) is 0 Å². The fraction of sp³-hybridized carbons (Fsp3) is 0.500. The van der Waals surface area contributed by atoms with E-state index in [4.69, 9.17) is 0 Å². The molecule has 1 aliphatic heterocycles. The number of ketones is 1. The third kappa shape index (κ3) is 2.61. The van der Waals surface area contributed by atoms with Gasteiger partial charge in [0.15, 0.2) is 0 Å². The summed E-state index contributed by atoms with van der Waals surface area (Å²) in [6.45, 7) is 2.10. The van der Waals surface area contributed by atoms with Crippen LogP contribution in [-0.4, -0.2) is 17.9 Å². The molecule has 0 saturated heterocycles. The van der Waals surface area contributed by atoms with Crippen molar-refractivity contribution in [3.05, 3.63) is 11.6 Å². The second-order valence-electron chi connectivity index (χ2n) is 3.06. The van der Waals surface area contributed by atoms with Crippen molar-refractivity contribution in [2.24, 2.45) is 4.99 Å². The van der Waals surface area contributed by atoms with E-state index in [0.29, 0.717) is 12.0 Å². The predicted molar refractivity (Wildman–Crippen MR) is 50.7 cm³/mol. The molecule has 1 aliphatic rings. The molecule has 0 aromatic carbocycles. The molecule has 3 heteroatoms. The van der Waals surface area contributed by atoms with Gasteiger partial charge in [-0.1, -0.05) is 19.8 Å². The summed E-state index contributed by atoms with van der Waals surface area (Å²) in [6, 6.07) is 0. The lowest BCUT2D eigenvalue weighted by Crippen LogP contribution is -2.17. The van der Waals surface area contributed by atoms with Gasteiger partial charge in [0, 0.05) is 11.8 Å². The van der Waals surface area contributed by atoms with Crippen LogP contribution in [0.3, 0.4) is 0 Å². The molecule has 0 aromatic rings. The average Bonchev–Trinajstić information content (AvgIpc) is 2.13. The quantitative estimate of drug-likeness (QED) is 0.487. The zero-order valence-electron chi connectivity index (χ0n) is 7.75. The third-order valence-electron chi connectivity index (χ3n) is 2.00. The Kier molecular flexibility index (Phi) is 3.55. The number of allylic oxidation sites excluding steroid dienone is 1. The van der Waals surface area contributed by atoms with Crippen molar-refractivity contribution in [1.29, 1.82) is 0 Å². The van der Waals surface area contributed by atoms with Crippen LogP contribution in [0, 0.1) is 0 Å². The van der Waals surface area contributed by atoms with E-state index in [1.165, 1.54) is 6.21 Å². The lowest BCUT2D eigenvalue weighted by molar-refractivity contribution is -0.133. The Hall–Kier alpha value is -1.25. The summed E-state index contributed by atoms with van der Waals surface area (Å²) >= 11 is 0. The second kappa shape index (κ2) is 4.70. The molecule has 0 N–H and O–H groups in total. The Morgan fingerprint density at radius 2 is 2.08 bits per heavy atom. The van der Waals surface area contributed by atoms with E-state index >= 15 is 0 Å². The van der Waals surface area contributed by atoms with Gasteiger partial charge >= 0.3 is 5.91 Å². The van der Waals surface area contributed by atoms with Gasteiger partial charge in [-0.05, 0) is 18.9 Å². The fourth-order valence-electron chi connectivity index (χ4n) is 1.23. The van der Waals surface area contributed by atoms with Gasteiger partial charge in [-0.25, -0.2) is 4.99 Å². The Balaban J connectivity index is 2.49. The number of rotatable bonds is 4. The van der Waals surface area contributed by atoms with Crippen LogP contribution in [-0.2, 0) is 9.59 Å². The van der Waals surface area contributed by atoms with Crippen LogP contribution in [0.2, 0.25) is 0 Å². The molecule has 3 nitrogen and oxygen atoms in total. The number of Topliss-reactive ketones (excluding diaryl/α,β-unsaturated/α-hetero) is 1. The number of dihydropyridines is 1. The van der Waals surface area contributed by atoms with Crippen molar-refractivity contribution in [2.75, 3.05) is 0 Å². The van der Waals surface area contributed by atoms with E-state index in [-0.39, 0.29) is 0 Å². The molecule has 0 fully saturated rings. The molecule has 0 bridgehead atoms. The molecule has 1 amide bonds. The van der Waals surface area contributed by atoms with E-state index in [2.05, 4.69) is 11.9 Å². The Morgan fingerprint density at radius 1 is 1.31 bits per heavy atom. The molecule has 0 spiro atoms. The summed E-state index contributed by atoms with van der Waals surface area (Å²) in [7, 11) is 0. The summed E-state index contributed by atoms with van der Waals surface area (Å²) in [4.78, 5) is 25.4. The van der Waals surface area contributed by atoms with Crippen molar-refractivity contribution in [1.82, 2.24) is 0 Å². The van der Waals surface area contributed by atoms with E-state index in [1.54, 1.807) is 6.08 Å². The summed E-state index contributed by atoms with van der Waals surface area (Å²) < 4.78 is 0. The zero-order valence-corrected chi connectivity index (χ0v) is 7.75. The van der Waals surface area contributed by atoms with Gasteiger partial charge in [-0.3, -0.25) is 9.59 Å². The minimum Gasteiger partial charge on any atom is -0.283 e. The van der Waals surface area contributed by atoms with E-state index in [9.17, 15) is 9.59 Å². The van der Waals surface area contributed by atoms with Crippen molar-refractivity contribution in [2.45, 2.75) is 32.6 Å². The fourth-order valence-corrected chi connectivity index (χ4v) is 1.23. The number of hydrogen-bond acceptors (Lipinski definition) is 2. The lowest BCUT2D eigenvalue weighted by Gasteiger charge is -2.05. The average molecular weight is 179 g/mol. The van der Waals surface area contributed by atoms with Crippen LogP contribution >= 0.6 is 0 Å². The van der Waals surface area contributed by atoms with E-state index < -0.39 is 11.7 Å². The second-order valence-corrected chi connectivity index (χ2v) is 3.06. The first kappa shape index (κ1) is 9.84. The topological polar surface area (TPSA) is 46.5 Å². The molecular formula is C10H13NO2. The third-order valence-corrected chi connectivity index (χ3v) is 2.00. The zero-order chi connectivity index (χ0) is 9.68. The van der Waals surface area contributed by atoms with Gasteiger partial charge in [-0.15, -0.1) is 0 Å². The maximum atomic E-state index is 11.2. The van der Waals surface area contributed by atoms with Gasteiger partial charge in [0.1, 0.15) is 0 Å². The Morgan fingerprint density at radius 3 is 2.77 bits per heavy atom. The first-order valence-electron chi connectivity index (χ1n) is 4.57. The molecule has 13 heavy (non-hydrogen) atoms. The maximum absolute atomic E-state index is 11.2. The van der Waals surface area contributed by atoms with Crippen molar-refractivity contribution in [3.8, 4) is 0 Å². The van der Waals surface area contributed by atoms with Crippen molar-refractivity contribution >= 4 is 17.9 Å². The predicted octanol–water partition coefficient (Wildman–Crippen LogP) is 1.67. The monoisotopic (exact) mass is 179 g/mol. The summed E-state index contributed by atoms with van der Waals surface area (Å²) in [5, 5.41) is 0. The smallest absolute Gasteiger partial charge is 0.283 e. The highest BCUT2D eigenvalue weighted by atomic mass is 16.2. The van der Waals surface area contributed by atoms with Crippen LogP contribution in [0.1, 0.15) is 32.6 Å². The summed E-state index contributed by atoms with van der Waals surface area (Å²) in [5.41, 5.74) is 0.605. The molecule has 0 aromatic heterocycles. The number of hydrogen-bond donors (Lipinski definition) is 0. The largest absolute Gasteiger partial charge is 0.317 e. The SMILES string of the molecule is CCCCCC1=CC=NC(=O)C1=O. The Bertz CT molecular complexity index is 277. The van der Waals surface area contributed by atoms with Gasteiger partial charge in [-0.2, -0.15) is 0 Å². The molecule has 0 radical (unpaired) electrons. The van der Waals surface area contributed by atoms with E-state index in [1.807, 2.05) is 0 Å². The highest BCUT2D eigenvalue weighted by molar-refractivity contribution is 6.45. The summed E-state index contributed by atoms with van der Waals surface area (Å²) in [6.07, 6.45) is 6.92. The van der Waals surface area contributed by atoms with Crippen molar-refractivity contribution in [3.63, 3.8) is 0 Å². The first-order valence-corrected chi connectivity index (χ1v) is 4.57. The standard InChI is InChI=1S/C10H13NO2/c1-2-3-4-5-8-6-7-11-10(13)9(8)12/h6-7H,2-5H2,1H3. The van der Waals surface area contributed by atoms with Gasteiger partial charge in [0.05, 0.1) is 0 Å². The molecular weight excluding hydrogens is 166 g/mol. The molecule has 1 rings (SSSR count).